The second kappa shape index (κ2) is 6.66. The van der Waals surface area contributed by atoms with Crippen molar-refractivity contribution < 1.29 is 13.9 Å². The molecule has 1 amide bonds. The summed E-state index contributed by atoms with van der Waals surface area (Å²) < 4.78 is 19.3. The van der Waals surface area contributed by atoms with Gasteiger partial charge in [0.15, 0.2) is 0 Å². The number of hydrogen-bond acceptors (Lipinski definition) is 4. The van der Waals surface area contributed by atoms with Crippen LogP contribution in [0.5, 0.6) is 5.75 Å². The number of hydrogen-bond donors (Lipinski definition) is 0. The van der Waals surface area contributed by atoms with Crippen LogP contribution >= 0.6 is 11.3 Å². The number of benzene rings is 1. The Balaban J connectivity index is 1.68. The second-order valence-electron chi connectivity index (χ2n) is 5.53. The van der Waals surface area contributed by atoms with Gasteiger partial charge in [-0.25, -0.2) is 9.37 Å². The average molecular weight is 334 g/mol. The maximum atomic E-state index is 14.1. The van der Waals surface area contributed by atoms with Crippen LogP contribution in [0.25, 0.3) is 0 Å². The first-order valence-corrected chi connectivity index (χ1v) is 8.52. The van der Waals surface area contributed by atoms with Gasteiger partial charge in [-0.1, -0.05) is 6.07 Å². The molecule has 3 rings (SSSR count). The Morgan fingerprint density at radius 2 is 2.30 bits per heavy atom. The van der Waals surface area contributed by atoms with Crippen molar-refractivity contribution in [1.82, 2.24) is 9.88 Å². The highest BCUT2D eigenvalue weighted by molar-refractivity contribution is 7.11. The molecule has 0 radical (unpaired) electrons. The van der Waals surface area contributed by atoms with Gasteiger partial charge in [-0.15, -0.1) is 11.3 Å². The number of ether oxygens (including phenoxy) is 1. The number of thiazole rings is 1. The Morgan fingerprint density at radius 3 is 3.04 bits per heavy atom. The van der Waals surface area contributed by atoms with E-state index in [2.05, 4.69) is 4.98 Å². The van der Waals surface area contributed by atoms with E-state index in [0.717, 1.165) is 22.0 Å². The van der Waals surface area contributed by atoms with Gasteiger partial charge in [0.2, 0.25) is 5.91 Å². The number of fused-ring (bicyclic) bond motifs is 1. The molecule has 0 spiro atoms. The second-order valence-corrected chi connectivity index (χ2v) is 6.82. The van der Waals surface area contributed by atoms with Crippen LogP contribution in [0.4, 0.5) is 4.39 Å². The van der Waals surface area contributed by atoms with Gasteiger partial charge in [-0.05, 0) is 25.5 Å². The van der Waals surface area contributed by atoms with Crippen molar-refractivity contribution in [2.45, 2.75) is 33.2 Å². The highest BCUT2D eigenvalue weighted by Gasteiger charge is 2.24. The minimum Gasteiger partial charge on any atom is -0.494 e. The van der Waals surface area contributed by atoms with E-state index in [9.17, 15) is 9.18 Å². The van der Waals surface area contributed by atoms with E-state index in [-0.39, 0.29) is 12.3 Å². The largest absolute Gasteiger partial charge is 0.494 e. The Labute approximate surface area is 138 Å². The third-order valence-electron chi connectivity index (χ3n) is 3.87. The zero-order valence-corrected chi connectivity index (χ0v) is 14.1. The van der Waals surface area contributed by atoms with Crippen molar-refractivity contribution >= 4 is 17.2 Å². The molecule has 0 saturated carbocycles. The maximum absolute atomic E-state index is 14.1. The topological polar surface area (TPSA) is 42.4 Å². The number of amides is 1. The Bertz CT molecular complexity index is 729. The van der Waals surface area contributed by atoms with Gasteiger partial charge in [0.1, 0.15) is 11.6 Å². The zero-order chi connectivity index (χ0) is 16.4. The molecule has 0 N–H and O–H groups in total. The molecular weight excluding hydrogens is 315 g/mol. The van der Waals surface area contributed by atoms with Crippen LogP contribution in [-0.4, -0.2) is 28.9 Å². The summed E-state index contributed by atoms with van der Waals surface area (Å²) in [4.78, 5) is 19.9. The third kappa shape index (κ3) is 3.52. The fourth-order valence-electron chi connectivity index (χ4n) is 2.74. The molecule has 2 heterocycles. The summed E-state index contributed by atoms with van der Waals surface area (Å²) in [5, 5.41) is 1.03. The molecule has 1 aromatic heterocycles. The quantitative estimate of drug-likeness (QED) is 0.863. The van der Waals surface area contributed by atoms with Gasteiger partial charge in [0.05, 0.1) is 30.3 Å². The minimum atomic E-state index is -0.393. The van der Waals surface area contributed by atoms with Gasteiger partial charge in [0.25, 0.3) is 0 Å². The lowest BCUT2D eigenvalue weighted by Crippen LogP contribution is -2.36. The first kappa shape index (κ1) is 15.9. The van der Waals surface area contributed by atoms with Gasteiger partial charge in [-0.3, -0.25) is 4.79 Å². The van der Waals surface area contributed by atoms with E-state index in [1.165, 1.54) is 6.07 Å². The summed E-state index contributed by atoms with van der Waals surface area (Å²) in [6, 6.07) is 4.67. The smallest absolute Gasteiger partial charge is 0.227 e. The summed E-state index contributed by atoms with van der Waals surface area (Å²) in [5.74, 6) is 0.0457. The number of halogens is 1. The van der Waals surface area contributed by atoms with Crippen molar-refractivity contribution in [3.8, 4) is 5.75 Å². The number of carbonyl (C=O) groups is 1. The lowest BCUT2D eigenvalue weighted by atomic mass is 10.1. The number of aryl methyl sites for hydroxylation is 1. The third-order valence-corrected chi connectivity index (χ3v) is 4.87. The highest BCUT2D eigenvalue weighted by Crippen LogP contribution is 2.25. The van der Waals surface area contributed by atoms with E-state index in [1.54, 1.807) is 28.4 Å². The highest BCUT2D eigenvalue weighted by atomic mass is 32.1. The Hall–Kier alpha value is -1.95. The standard InChI is InChI=1S/C17H19FN2O2S/c1-3-22-13-5-4-12(14(18)9-13)8-17(21)20-7-6-15-16(10-20)23-11(2)19-15/h4-5,9H,3,6-8,10H2,1-2H3. The maximum Gasteiger partial charge on any atom is 0.227 e. The Kier molecular flexibility index (Phi) is 4.61. The summed E-state index contributed by atoms with van der Waals surface area (Å²) >= 11 is 1.63. The SMILES string of the molecule is CCOc1ccc(CC(=O)N2CCc3nc(C)sc3C2)c(F)c1. The van der Waals surface area contributed by atoms with Crippen LogP contribution in [0.2, 0.25) is 0 Å². The molecule has 23 heavy (non-hydrogen) atoms. The molecule has 122 valence electrons. The Morgan fingerprint density at radius 1 is 1.48 bits per heavy atom. The van der Waals surface area contributed by atoms with Crippen molar-refractivity contribution in [1.29, 1.82) is 0 Å². The average Bonchev–Trinajstić information content (AvgIpc) is 2.89. The van der Waals surface area contributed by atoms with E-state index in [4.69, 9.17) is 4.74 Å². The van der Waals surface area contributed by atoms with E-state index >= 15 is 0 Å². The molecule has 0 bridgehead atoms. The summed E-state index contributed by atoms with van der Waals surface area (Å²) in [6.45, 7) is 5.54. The van der Waals surface area contributed by atoms with E-state index < -0.39 is 5.82 Å². The molecule has 0 unspecified atom stereocenters. The van der Waals surface area contributed by atoms with Crippen molar-refractivity contribution in [3.63, 3.8) is 0 Å². The molecule has 0 atom stereocenters. The molecule has 1 aliphatic heterocycles. The van der Waals surface area contributed by atoms with Gasteiger partial charge < -0.3 is 9.64 Å². The minimum absolute atomic E-state index is 0.0511. The van der Waals surface area contributed by atoms with Crippen LogP contribution in [0.15, 0.2) is 18.2 Å². The van der Waals surface area contributed by atoms with Crippen LogP contribution in [0.1, 0.15) is 28.1 Å². The van der Waals surface area contributed by atoms with Gasteiger partial charge >= 0.3 is 0 Å². The molecule has 1 aromatic carbocycles. The predicted octanol–water partition coefficient (Wildman–Crippen LogP) is 3.12. The monoisotopic (exact) mass is 334 g/mol. The van der Waals surface area contributed by atoms with Gasteiger partial charge in [0, 0.05) is 23.9 Å². The molecule has 4 nitrogen and oxygen atoms in total. The lowest BCUT2D eigenvalue weighted by Gasteiger charge is -2.26. The van der Waals surface area contributed by atoms with E-state index in [0.29, 0.717) is 31.0 Å². The molecule has 2 aromatic rings. The fraction of sp³-hybridized carbons (Fsp3) is 0.412. The predicted molar refractivity (Wildman–Crippen MR) is 87.2 cm³/mol. The summed E-state index contributed by atoms with van der Waals surface area (Å²) in [5.41, 5.74) is 1.51. The van der Waals surface area contributed by atoms with Crippen molar-refractivity contribution in [2.24, 2.45) is 0 Å². The van der Waals surface area contributed by atoms with Gasteiger partial charge in [-0.2, -0.15) is 0 Å². The number of rotatable bonds is 4. The number of aromatic nitrogens is 1. The molecule has 0 fully saturated rings. The van der Waals surface area contributed by atoms with Crippen molar-refractivity contribution in [3.05, 3.63) is 45.2 Å². The van der Waals surface area contributed by atoms with Crippen LogP contribution in [0, 0.1) is 12.7 Å². The first-order chi connectivity index (χ1) is 11.1. The fourth-order valence-corrected chi connectivity index (χ4v) is 3.74. The summed E-state index contributed by atoms with van der Waals surface area (Å²) in [6.07, 6.45) is 0.850. The molecule has 6 heteroatoms. The van der Waals surface area contributed by atoms with E-state index in [1.807, 2.05) is 13.8 Å². The molecule has 0 saturated heterocycles. The zero-order valence-electron chi connectivity index (χ0n) is 13.3. The normalized spacial score (nSPS) is 13.8. The lowest BCUT2D eigenvalue weighted by molar-refractivity contribution is -0.131. The number of carbonyl (C=O) groups excluding carboxylic acids is 1. The molecule has 1 aliphatic rings. The molecular formula is C17H19FN2O2S. The van der Waals surface area contributed by atoms with Crippen LogP contribution in [0.3, 0.4) is 0 Å². The molecule has 0 aliphatic carbocycles. The van der Waals surface area contributed by atoms with Crippen LogP contribution in [-0.2, 0) is 24.2 Å². The van der Waals surface area contributed by atoms with Crippen LogP contribution < -0.4 is 4.74 Å². The first-order valence-electron chi connectivity index (χ1n) is 7.71. The van der Waals surface area contributed by atoms with Crippen molar-refractivity contribution in [2.75, 3.05) is 13.2 Å². The number of nitrogens with zero attached hydrogens (tertiary/aromatic N) is 2. The summed E-state index contributed by atoms with van der Waals surface area (Å²) in [7, 11) is 0.